The number of ether oxygens (including phenoxy) is 1. The maximum Gasteiger partial charge on any atom is 0.573 e. The molecule has 10 nitrogen and oxygen atoms in total. The Balaban J connectivity index is 1.68. The Bertz CT molecular complexity index is 1720. The van der Waals surface area contributed by atoms with Crippen LogP contribution >= 0.6 is 0 Å². The van der Waals surface area contributed by atoms with Gasteiger partial charge < -0.3 is 14.6 Å². The molecule has 0 aliphatic carbocycles. The lowest BCUT2D eigenvalue weighted by Crippen LogP contribution is -2.28. The monoisotopic (exact) mass is 563 g/mol. The molecule has 4 aromatic rings. The van der Waals surface area contributed by atoms with Crippen LogP contribution in [0.4, 0.5) is 24.7 Å². The molecule has 206 valence electrons. The SMILES string of the molecule is CN(C)S(=O)(=O)CCCn1cccc(Nc2nn(-c3ccc(OC(F)(F)F)cc3)c(=O)c3ccccc23)c1=O. The van der Waals surface area contributed by atoms with E-state index in [1.165, 1.54) is 43.1 Å². The highest BCUT2D eigenvalue weighted by molar-refractivity contribution is 7.89. The second-order valence-corrected chi connectivity index (χ2v) is 11.0. The third kappa shape index (κ3) is 6.46. The minimum Gasteiger partial charge on any atom is -0.406 e. The lowest BCUT2D eigenvalue weighted by atomic mass is 10.2. The molecular weight excluding hydrogens is 539 g/mol. The van der Waals surface area contributed by atoms with Gasteiger partial charge in [0.1, 0.15) is 11.4 Å². The first-order valence-electron chi connectivity index (χ1n) is 11.6. The molecule has 0 fully saturated rings. The molecule has 0 aliphatic heterocycles. The molecule has 1 N–H and O–H groups in total. The summed E-state index contributed by atoms with van der Waals surface area (Å²) in [5.41, 5.74) is -0.647. The normalized spacial score (nSPS) is 12.2. The number of aryl methyl sites for hydroxylation is 1. The highest BCUT2D eigenvalue weighted by atomic mass is 32.2. The topological polar surface area (TPSA) is 116 Å². The Kier molecular flexibility index (Phi) is 7.79. The van der Waals surface area contributed by atoms with Crippen molar-refractivity contribution in [3.8, 4) is 11.4 Å². The molecule has 39 heavy (non-hydrogen) atoms. The molecule has 0 unspecified atom stereocenters. The summed E-state index contributed by atoms with van der Waals surface area (Å²) >= 11 is 0. The van der Waals surface area contributed by atoms with Crippen molar-refractivity contribution < 1.29 is 26.3 Å². The number of alkyl halides is 3. The quantitative estimate of drug-likeness (QED) is 0.332. The van der Waals surface area contributed by atoms with Crippen molar-refractivity contribution in [2.75, 3.05) is 25.2 Å². The number of rotatable bonds is 9. The molecule has 0 radical (unpaired) electrons. The molecule has 0 atom stereocenters. The second-order valence-electron chi connectivity index (χ2n) is 8.65. The van der Waals surface area contributed by atoms with Gasteiger partial charge in [0.15, 0.2) is 5.82 Å². The molecule has 2 aromatic heterocycles. The Morgan fingerprint density at radius 2 is 1.62 bits per heavy atom. The predicted octanol–water partition coefficient (Wildman–Crippen LogP) is 3.47. The molecule has 0 amide bonds. The lowest BCUT2D eigenvalue weighted by molar-refractivity contribution is -0.274. The Morgan fingerprint density at radius 3 is 2.26 bits per heavy atom. The first-order valence-corrected chi connectivity index (χ1v) is 13.2. The van der Waals surface area contributed by atoms with E-state index < -0.39 is 33.3 Å². The number of fused-ring (bicyclic) bond motifs is 1. The summed E-state index contributed by atoms with van der Waals surface area (Å²) in [7, 11) is -0.539. The Hall–Kier alpha value is -4.17. The first kappa shape index (κ1) is 27.9. The number of sulfonamides is 1. The summed E-state index contributed by atoms with van der Waals surface area (Å²) in [6.45, 7) is 0.154. The van der Waals surface area contributed by atoms with E-state index in [1.807, 2.05) is 0 Å². The van der Waals surface area contributed by atoms with E-state index >= 15 is 0 Å². The van der Waals surface area contributed by atoms with E-state index in [2.05, 4.69) is 15.2 Å². The van der Waals surface area contributed by atoms with Gasteiger partial charge in [-0.2, -0.15) is 4.68 Å². The fourth-order valence-corrected chi connectivity index (χ4v) is 4.64. The fourth-order valence-electron chi connectivity index (χ4n) is 3.78. The third-order valence-electron chi connectivity index (χ3n) is 5.75. The van der Waals surface area contributed by atoms with E-state index in [9.17, 15) is 31.2 Å². The van der Waals surface area contributed by atoms with Crippen molar-refractivity contribution in [1.29, 1.82) is 0 Å². The fraction of sp³-hybridized carbons (Fsp3) is 0.240. The number of anilines is 2. The van der Waals surface area contributed by atoms with E-state index in [-0.39, 0.29) is 41.3 Å². The molecular formula is C25H24F3N5O5S. The summed E-state index contributed by atoms with van der Waals surface area (Å²) in [4.78, 5) is 26.3. The van der Waals surface area contributed by atoms with Crippen LogP contribution in [0.3, 0.4) is 0 Å². The lowest BCUT2D eigenvalue weighted by Gasteiger charge is -2.14. The van der Waals surface area contributed by atoms with Crippen LogP contribution in [0.25, 0.3) is 16.5 Å². The molecule has 2 heterocycles. The van der Waals surface area contributed by atoms with Gasteiger partial charge in [-0.15, -0.1) is 18.3 Å². The van der Waals surface area contributed by atoms with E-state index in [4.69, 9.17) is 0 Å². The summed E-state index contributed by atoms with van der Waals surface area (Å²) in [6, 6.07) is 14.3. The average molecular weight is 564 g/mol. The number of nitrogens with one attached hydrogen (secondary N) is 1. The maximum absolute atomic E-state index is 13.2. The number of aromatic nitrogens is 3. The third-order valence-corrected chi connectivity index (χ3v) is 7.67. The van der Waals surface area contributed by atoms with E-state index in [0.717, 1.165) is 21.1 Å². The van der Waals surface area contributed by atoms with Crippen LogP contribution in [0.5, 0.6) is 5.75 Å². The molecule has 0 aliphatic rings. The minimum atomic E-state index is -4.86. The Labute approximate surface area is 220 Å². The number of hydrogen-bond donors (Lipinski definition) is 1. The molecule has 2 aromatic carbocycles. The zero-order valence-corrected chi connectivity index (χ0v) is 21.7. The summed E-state index contributed by atoms with van der Waals surface area (Å²) in [5.74, 6) is -0.430. The Morgan fingerprint density at radius 1 is 0.949 bits per heavy atom. The number of hydrogen-bond acceptors (Lipinski definition) is 7. The van der Waals surface area contributed by atoms with Crippen LogP contribution < -0.4 is 21.2 Å². The summed E-state index contributed by atoms with van der Waals surface area (Å²) < 4.78 is 69.0. The second kappa shape index (κ2) is 10.9. The van der Waals surface area contributed by atoms with Crippen molar-refractivity contribution in [1.82, 2.24) is 18.7 Å². The van der Waals surface area contributed by atoms with Crippen molar-refractivity contribution in [2.45, 2.75) is 19.3 Å². The van der Waals surface area contributed by atoms with Crippen LogP contribution in [0.1, 0.15) is 6.42 Å². The van der Waals surface area contributed by atoms with Crippen LogP contribution in [-0.2, 0) is 16.6 Å². The zero-order valence-electron chi connectivity index (χ0n) is 20.8. The largest absolute Gasteiger partial charge is 0.573 e. The zero-order chi connectivity index (χ0) is 28.4. The number of halogens is 3. The number of benzene rings is 2. The minimum absolute atomic E-state index is 0.129. The number of nitrogens with zero attached hydrogens (tertiary/aromatic N) is 4. The van der Waals surface area contributed by atoms with E-state index in [1.54, 1.807) is 30.3 Å². The number of pyridine rings is 1. The summed E-state index contributed by atoms with van der Waals surface area (Å²) in [5, 5.41) is 7.99. The van der Waals surface area contributed by atoms with Gasteiger partial charge in [0.2, 0.25) is 10.0 Å². The van der Waals surface area contributed by atoms with Crippen LogP contribution in [0.15, 0.2) is 76.4 Å². The highest BCUT2D eigenvalue weighted by Gasteiger charge is 2.31. The van der Waals surface area contributed by atoms with E-state index in [0.29, 0.717) is 5.39 Å². The highest BCUT2D eigenvalue weighted by Crippen LogP contribution is 2.25. The van der Waals surface area contributed by atoms with Gasteiger partial charge in [-0.1, -0.05) is 18.2 Å². The predicted molar refractivity (Wildman–Crippen MR) is 140 cm³/mol. The van der Waals surface area contributed by atoms with Gasteiger partial charge in [0.05, 0.1) is 16.8 Å². The van der Waals surface area contributed by atoms with Crippen LogP contribution in [0.2, 0.25) is 0 Å². The van der Waals surface area contributed by atoms with Crippen molar-refractivity contribution in [2.24, 2.45) is 0 Å². The standard InChI is InChI=1S/C25H24F3N5O5S/c1-31(2)39(36,37)16-6-15-32-14-5-9-21(24(32)35)29-22-19-7-3-4-8-20(19)23(34)33(30-22)17-10-12-18(13-11-17)38-25(26,27)28/h3-5,7-14H,6,15-16H2,1-2H3,(H,29,30). The molecule has 0 bridgehead atoms. The molecule has 0 saturated heterocycles. The van der Waals surface area contributed by atoms with Gasteiger partial charge in [-0.3, -0.25) is 9.59 Å². The van der Waals surface area contributed by atoms with Crippen LogP contribution in [0, 0.1) is 0 Å². The summed E-state index contributed by atoms with van der Waals surface area (Å²) in [6.07, 6.45) is -3.11. The van der Waals surface area contributed by atoms with Crippen molar-refractivity contribution >= 4 is 32.3 Å². The molecule has 0 spiro atoms. The van der Waals surface area contributed by atoms with Gasteiger partial charge >= 0.3 is 6.36 Å². The van der Waals surface area contributed by atoms with Crippen molar-refractivity contribution in [3.05, 3.63) is 87.6 Å². The van der Waals surface area contributed by atoms with Gasteiger partial charge in [-0.05, 0) is 48.9 Å². The van der Waals surface area contributed by atoms with Crippen molar-refractivity contribution in [3.63, 3.8) is 0 Å². The van der Waals surface area contributed by atoms with Gasteiger partial charge in [0.25, 0.3) is 11.1 Å². The van der Waals surface area contributed by atoms with Crippen LogP contribution in [-0.4, -0.2) is 53.3 Å². The first-order chi connectivity index (χ1) is 18.4. The van der Waals surface area contributed by atoms with Gasteiger partial charge in [-0.25, -0.2) is 12.7 Å². The average Bonchev–Trinajstić information content (AvgIpc) is 2.87. The maximum atomic E-state index is 13.2. The smallest absolute Gasteiger partial charge is 0.406 e. The molecule has 14 heteroatoms. The van der Waals surface area contributed by atoms with Gasteiger partial charge in [0, 0.05) is 32.2 Å². The molecule has 0 saturated carbocycles. The molecule has 4 rings (SSSR count).